The molecule has 0 radical (unpaired) electrons. The lowest BCUT2D eigenvalue weighted by Gasteiger charge is -2.04. The summed E-state index contributed by atoms with van der Waals surface area (Å²) in [6.07, 6.45) is 0.638. The predicted molar refractivity (Wildman–Crippen MR) is 43.9 cm³/mol. The monoisotopic (exact) mass is 202 g/mol. The van der Waals surface area contributed by atoms with Gasteiger partial charge in [-0.1, -0.05) is 0 Å². The number of sulfone groups is 1. The van der Waals surface area contributed by atoms with Crippen LogP contribution in [0.3, 0.4) is 0 Å². The first-order valence-electron chi connectivity index (χ1n) is 2.57. The molecular weight excluding hydrogens is 192 g/mol. The second-order valence-electron chi connectivity index (χ2n) is 2.04. The summed E-state index contributed by atoms with van der Waals surface area (Å²) in [6.45, 7) is 0. The molecule has 0 aliphatic heterocycles. The molecule has 0 aromatic rings. The van der Waals surface area contributed by atoms with Crippen LogP contribution in [0.25, 0.3) is 0 Å². The minimum Gasteiger partial charge on any atom is -0.370 e. The van der Waals surface area contributed by atoms with Gasteiger partial charge in [0.2, 0.25) is 5.91 Å². The van der Waals surface area contributed by atoms with Gasteiger partial charge in [-0.3, -0.25) is 4.79 Å². The standard InChI is InChI=1S/C4H10N2O3S.ClH/c1-10(8,9)4(6)2-3(5)7;/h4H,2,6H2,1H3,(H2,5,7);1H/t4-;/m0./s1. The Morgan fingerprint density at radius 1 is 1.55 bits per heavy atom. The van der Waals surface area contributed by atoms with Gasteiger partial charge < -0.3 is 11.5 Å². The zero-order chi connectivity index (χ0) is 8.36. The van der Waals surface area contributed by atoms with E-state index in [1.54, 1.807) is 0 Å². The van der Waals surface area contributed by atoms with Crippen molar-refractivity contribution in [2.45, 2.75) is 11.8 Å². The fraction of sp³-hybridized carbons (Fsp3) is 0.750. The number of halogens is 1. The summed E-state index contributed by atoms with van der Waals surface area (Å²) in [4.78, 5) is 10.1. The third-order valence-corrected chi connectivity index (χ3v) is 2.22. The summed E-state index contributed by atoms with van der Waals surface area (Å²) in [5.74, 6) is -0.710. The van der Waals surface area contributed by atoms with Gasteiger partial charge in [-0.2, -0.15) is 0 Å². The molecule has 0 aliphatic carbocycles. The highest BCUT2D eigenvalue weighted by Gasteiger charge is 2.16. The summed E-state index contributed by atoms with van der Waals surface area (Å²) < 4.78 is 21.1. The molecule has 11 heavy (non-hydrogen) atoms. The average molecular weight is 203 g/mol. The van der Waals surface area contributed by atoms with Crippen LogP contribution >= 0.6 is 12.4 Å². The lowest BCUT2D eigenvalue weighted by atomic mass is 10.4. The Morgan fingerprint density at radius 3 is 2.00 bits per heavy atom. The SMILES string of the molecule is CS(=O)(=O)[C@H](N)CC(N)=O.Cl. The van der Waals surface area contributed by atoms with Gasteiger partial charge in [0.1, 0.15) is 5.37 Å². The van der Waals surface area contributed by atoms with Crippen LogP contribution in [0.4, 0.5) is 0 Å². The summed E-state index contributed by atoms with van der Waals surface area (Å²) in [5.41, 5.74) is 9.77. The first-order chi connectivity index (χ1) is 4.34. The van der Waals surface area contributed by atoms with Gasteiger partial charge in [0.15, 0.2) is 9.84 Å². The minimum atomic E-state index is -3.32. The Hall–Kier alpha value is -0.330. The molecule has 5 nitrogen and oxygen atoms in total. The highest BCUT2D eigenvalue weighted by atomic mass is 35.5. The number of hydrogen-bond donors (Lipinski definition) is 2. The van der Waals surface area contributed by atoms with Gasteiger partial charge in [-0.05, 0) is 0 Å². The smallest absolute Gasteiger partial charge is 0.220 e. The number of carbonyl (C=O) groups is 1. The Morgan fingerprint density at radius 2 is 1.91 bits per heavy atom. The van der Waals surface area contributed by atoms with Gasteiger partial charge in [0, 0.05) is 6.26 Å². The van der Waals surface area contributed by atoms with Crippen LogP contribution < -0.4 is 11.5 Å². The minimum absolute atomic E-state index is 0. The second kappa shape index (κ2) is 4.53. The molecular formula is C4H11ClN2O3S. The average Bonchev–Trinajstić information content (AvgIpc) is 1.60. The first-order valence-corrected chi connectivity index (χ1v) is 4.52. The maximum absolute atomic E-state index is 10.5. The Labute approximate surface area is 71.5 Å². The topological polar surface area (TPSA) is 103 Å². The van der Waals surface area contributed by atoms with Crippen LogP contribution in [0, 0.1) is 0 Å². The van der Waals surface area contributed by atoms with Crippen LogP contribution in [0.2, 0.25) is 0 Å². The quantitative estimate of drug-likeness (QED) is 0.588. The third kappa shape index (κ3) is 6.08. The highest BCUT2D eigenvalue weighted by Crippen LogP contribution is 1.94. The fourth-order valence-corrected chi connectivity index (χ4v) is 0.817. The van der Waals surface area contributed by atoms with Crippen LogP contribution in [0.15, 0.2) is 0 Å². The molecule has 0 spiro atoms. The summed E-state index contributed by atoms with van der Waals surface area (Å²) >= 11 is 0. The van der Waals surface area contributed by atoms with Crippen molar-refractivity contribution in [3.8, 4) is 0 Å². The summed E-state index contributed by atoms with van der Waals surface area (Å²) in [5, 5.41) is -1.16. The number of nitrogens with two attached hydrogens (primary N) is 2. The lowest BCUT2D eigenvalue weighted by Crippen LogP contribution is -2.34. The van der Waals surface area contributed by atoms with Crippen molar-refractivity contribution in [3.05, 3.63) is 0 Å². The molecule has 68 valence electrons. The normalized spacial score (nSPS) is 13.3. The Kier molecular flexibility index (Phi) is 5.46. The Bertz CT molecular complexity index is 225. The van der Waals surface area contributed by atoms with E-state index in [-0.39, 0.29) is 18.8 Å². The molecule has 1 amide bonds. The lowest BCUT2D eigenvalue weighted by molar-refractivity contribution is -0.118. The first kappa shape index (κ1) is 13.3. The molecule has 0 heterocycles. The van der Waals surface area contributed by atoms with E-state index in [9.17, 15) is 13.2 Å². The Balaban J connectivity index is 0. The molecule has 4 N–H and O–H groups in total. The highest BCUT2D eigenvalue weighted by molar-refractivity contribution is 7.91. The molecule has 0 unspecified atom stereocenters. The molecule has 0 rings (SSSR count). The van der Waals surface area contributed by atoms with Crippen molar-refractivity contribution >= 4 is 28.2 Å². The summed E-state index contributed by atoms with van der Waals surface area (Å²) in [6, 6.07) is 0. The molecule has 7 heteroatoms. The van der Waals surface area contributed by atoms with Crippen molar-refractivity contribution in [2.24, 2.45) is 11.5 Å². The van der Waals surface area contributed by atoms with Crippen molar-refractivity contribution in [2.75, 3.05) is 6.26 Å². The van der Waals surface area contributed by atoms with Gasteiger partial charge in [-0.25, -0.2) is 8.42 Å². The van der Waals surface area contributed by atoms with E-state index in [1.165, 1.54) is 0 Å². The van der Waals surface area contributed by atoms with E-state index < -0.39 is 21.1 Å². The predicted octanol–water partition coefficient (Wildman–Crippen LogP) is -1.39. The molecule has 0 aromatic heterocycles. The van der Waals surface area contributed by atoms with E-state index in [4.69, 9.17) is 11.5 Å². The van der Waals surface area contributed by atoms with Gasteiger partial charge in [0.25, 0.3) is 0 Å². The molecule has 0 fully saturated rings. The number of hydrogen-bond acceptors (Lipinski definition) is 4. The number of amides is 1. The summed E-state index contributed by atoms with van der Waals surface area (Å²) in [7, 11) is -3.32. The maximum Gasteiger partial charge on any atom is 0.220 e. The van der Waals surface area contributed by atoms with Crippen molar-refractivity contribution in [3.63, 3.8) is 0 Å². The second-order valence-corrected chi connectivity index (χ2v) is 4.30. The zero-order valence-electron chi connectivity index (χ0n) is 5.98. The van der Waals surface area contributed by atoms with E-state index >= 15 is 0 Å². The maximum atomic E-state index is 10.5. The van der Waals surface area contributed by atoms with Gasteiger partial charge in [-0.15, -0.1) is 12.4 Å². The van der Waals surface area contributed by atoms with Crippen LogP contribution in [0.5, 0.6) is 0 Å². The van der Waals surface area contributed by atoms with Crippen molar-refractivity contribution in [1.82, 2.24) is 0 Å². The van der Waals surface area contributed by atoms with Gasteiger partial charge in [0.05, 0.1) is 6.42 Å². The number of rotatable bonds is 3. The van der Waals surface area contributed by atoms with Crippen molar-refractivity contribution in [1.29, 1.82) is 0 Å². The van der Waals surface area contributed by atoms with Crippen LogP contribution in [-0.4, -0.2) is 26.0 Å². The molecule has 0 saturated heterocycles. The molecule has 0 bridgehead atoms. The van der Waals surface area contributed by atoms with E-state index in [1.807, 2.05) is 0 Å². The van der Waals surface area contributed by atoms with Crippen LogP contribution in [-0.2, 0) is 14.6 Å². The third-order valence-electron chi connectivity index (χ3n) is 0.952. The fourth-order valence-electron chi connectivity index (χ4n) is 0.350. The van der Waals surface area contributed by atoms with E-state index in [2.05, 4.69) is 0 Å². The van der Waals surface area contributed by atoms with Crippen molar-refractivity contribution < 1.29 is 13.2 Å². The largest absolute Gasteiger partial charge is 0.370 e. The molecule has 0 aromatic carbocycles. The number of carbonyl (C=O) groups excluding carboxylic acids is 1. The molecule has 0 saturated carbocycles. The van der Waals surface area contributed by atoms with Crippen LogP contribution in [0.1, 0.15) is 6.42 Å². The zero-order valence-corrected chi connectivity index (χ0v) is 7.61. The number of primary amides is 1. The molecule has 1 atom stereocenters. The molecule has 0 aliphatic rings. The van der Waals surface area contributed by atoms with E-state index in [0.717, 1.165) is 6.26 Å². The van der Waals surface area contributed by atoms with Gasteiger partial charge >= 0.3 is 0 Å². The van der Waals surface area contributed by atoms with E-state index in [0.29, 0.717) is 0 Å².